The van der Waals surface area contributed by atoms with E-state index in [9.17, 15) is 4.79 Å². The van der Waals surface area contributed by atoms with E-state index in [1.807, 2.05) is 26.0 Å². The zero-order chi connectivity index (χ0) is 14.4. The fraction of sp³-hybridized carbons (Fsp3) is 0.643. The molecule has 0 aliphatic carbocycles. The molecule has 1 aromatic heterocycles. The lowest BCUT2D eigenvalue weighted by atomic mass is 10.1. The number of ether oxygens (including phenoxy) is 2. The average molecular weight is 279 g/mol. The predicted molar refractivity (Wildman–Crippen MR) is 73.5 cm³/mol. The van der Waals surface area contributed by atoms with Gasteiger partial charge in [0.15, 0.2) is 0 Å². The summed E-state index contributed by atoms with van der Waals surface area (Å²) in [4.78, 5) is 13.7. The Bertz CT molecular complexity index is 436. The molecule has 20 heavy (non-hydrogen) atoms. The number of carbonyl (C=O) groups excluding carboxylic acids is 1. The molecule has 0 bridgehead atoms. The van der Waals surface area contributed by atoms with Crippen molar-refractivity contribution in [1.82, 2.24) is 15.1 Å². The summed E-state index contributed by atoms with van der Waals surface area (Å²) >= 11 is 0. The van der Waals surface area contributed by atoms with Crippen LogP contribution in [0.25, 0.3) is 0 Å². The smallest absolute Gasteiger partial charge is 0.248 e. The van der Waals surface area contributed by atoms with Gasteiger partial charge in [-0.25, -0.2) is 0 Å². The minimum atomic E-state index is -0.0219. The molecule has 0 radical (unpaired) electrons. The fourth-order valence-corrected chi connectivity index (χ4v) is 2.16. The van der Waals surface area contributed by atoms with E-state index in [2.05, 4.69) is 10.2 Å². The maximum absolute atomic E-state index is 11.9. The number of piperidine rings is 1. The highest BCUT2D eigenvalue weighted by Gasteiger charge is 2.25. The summed E-state index contributed by atoms with van der Waals surface area (Å²) in [6.45, 7) is 5.82. The van der Waals surface area contributed by atoms with E-state index in [4.69, 9.17) is 9.47 Å². The maximum atomic E-state index is 11.9. The molecule has 0 N–H and O–H groups in total. The molecule has 0 saturated carbocycles. The van der Waals surface area contributed by atoms with Crippen molar-refractivity contribution >= 4 is 5.91 Å². The minimum Gasteiger partial charge on any atom is -0.471 e. The number of nitrogens with zero attached hydrogens (tertiary/aromatic N) is 3. The van der Waals surface area contributed by atoms with Gasteiger partial charge in [0.2, 0.25) is 11.8 Å². The Morgan fingerprint density at radius 1 is 1.45 bits per heavy atom. The highest BCUT2D eigenvalue weighted by Crippen LogP contribution is 2.16. The molecule has 0 spiro atoms. The van der Waals surface area contributed by atoms with Crippen molar-refractivity contribution in [3.8, 4) is 5.88 Å². The molecule has 1 saturated heterocycles. The Balaban J connectivity index is 1.86. The third kappa shape index (κ3) is 4.16. The fourth-order valence-electron chi connectivity index (χ4n) is 2.16. The van der Waals surface area contributed by atoms with E-state index in [-0.39, 0.29) is 18.6 Å². The van der Waals surface area contributed by atoms with Gasteiger partial charge < -0.3 is 14.4 Å². The van der Waals surface area contributed by atoms with Crippen molar-refractivity contribution in [3.63, 3.8) is 0 Å². The van der Waals surface area contributed by atoms with Crippen molar-refractivity contribution in [2.75, 3.05) is 26.3 Å². The molecular weight excluding hydrogens is 258 g/mol. The van der Waals surface area contributed by atoms with Crippen LogP contribution in [0.15, 0.2) is 12.1 Å². The summed E-state index contributed by atoms with van der Waals surface area (Å²) in [5.74, 6) is 0.537. The number of carbonyl (C=O) groups is 1. The normalized spacial score (nSPS) is 18.9. The van der Waals surface area contributed by atoms with Crippen LogP contribution in [-0.4, -0.2) is 53.4 Å². The molecule has 110 valence electrons. The third-order valence-electron chi connectivity index (χ3n) is 3.22. The summed E-state index contributed by atoms with van der Waals surface area (Å²) in [7, 11) is 0. The zero-order valence-electron chi connectivity index (χ0n) is 12.0. The molecule has 0 aromatic carbocycles. The van der Waals surface area contributed by atoms with Gasteiger partial charge in [0.25, 0.3) is 0 Å². The van der Waals surface area contributed by atoms with Crippen LogP contribution in [0.1, 0.15) is 25.5 Å². The second-order valence-electron chi connectivity index (χ2n) is 4.87. The number of aromatic nitrogens is 2. The van der Waals surface area contributed by atoms with Crippen molar-refractivity contribution in [1.29, 1.82) is 0 Å². The molecule has 1 aromatic rings. The number of hydrogen-bond acceptors (Lipinski definition) is 5. The third-order valence-corrected chi connectivity index (χ3v) is 3.22. The quantitative estimate of drug-likeness (QED) is 0.810. The Labute approximate surface area is 119 Å². The lowest BCUT2D eigenvalue weighted by Gasteiger charge is -2.32. The van der Waals surface area contributed by atoms with E-state index in [0.717, 1.165) is 25.1 Å². The second-order valence-corrected chi connectivity index (χ2v) is 4.87. The van der Waals surface area contributed by atoms with Crippen molar-refractivity contribution in [2.45, 2.75) is 32.8 Å². The maximum Gasteiger partial charge on any atom is 0.248 e. The monoisotopic (exact) mass is 279 g/mol. The van der Waals surface area contributed by atoms with Gasteiger partial charge in [-0.1, -0.05) is 0 Å². The Morgan fingerprint density at radius 3 is 3.00 bits per heavy atom. The predicted octanol–water partition coefficient (Wildman–Crippen LogP) is 1.19. The van der Waals surface area contributed by atoms with E-state index in [1.165, 1.54) is 0 Å². The van der Waals surface area contributed by atoms with Gasteiger partial charge in [0.05, 0.1) is 12.2 Å². The van der Waals surface area contributed by atoms with Gasteiger partial charge in [0.1, 0.15) is 12.7 Å². The van der Waals surface area contributed by atoms with Gasteiger partial charge in [0, 0.05) is 19.2 Å². The van der Waals surface area contributed by atoms with Crippen molar-refractivity contribution < 1.29 is 14.3 Å². The molecule has 1 fully saturated rings. The number of amides is 1. The van der Waals surface area contributed by atoms with Crippen LogP contribution < -0.4 is 4.74 Å². The molecule has 0 unspecified atom stereocenters. The first-order valence-electron chi connectivity index (χ1n) is 7.01. The summed E-state index contributed by atoms with van der Waals surface area (Å²) < 4.78 is 10.9. The first-order valence-corrected chi connectivity index (χ1v) is 7.01. The van der Waals surface area contributed by atoms with Crippen molar-refractivity contribution in [3.05, 3.63) is 17.8 Å². The summed E-state index contributed by atoms with van der Waals surface area (Å²) in [5, 5.41) is 7.96. The van der Waals surface area contributed by atoms with Gasteiger partial charge in [-0.3, -0.25) is 4.79 Å². The molecule has 6 nitrogen and oxygen atoms in total. The lowest BCUT2D eigenvalue weighted by molar-refractivity contribution is -0.138. The van der Waals surface area contributed by atoms with Gasteiger partial charge in [-0.2, -0.15) is 5.10 Å². The molecule has 1 aliphatic rings. The van der Waals surface area contributed by atoms with Crippen LogP contribution >= 0.6 is 0 Å². The van der Waals surface area contributed by atoms with Crippen LogP contribution in [0, 0.1) is 6.92 Å². The molecule has 2 heterocycles. The molecule has 1 aliphatic heterocycles. The van der Waals surface area contributed by atoms with Gasteiger partial charge in [-0.15, -0.1) is 5.10 Å². The standard InChI is InChI=1S/C14H21N3O3/c1-3-19-10-14(18)17-8-4-5-12(9-17)20-13-7-6-11(2)15-16-13/h6-7,12H,3-5,8-10H2,1-2H3/t12-/m1/s1. The van der Waals surface area contributed by atoms with Crippen LogP contribution in [0.2, 0.25) is 0 Å². The van der Waals surface area contributed by atoms with E-state index in [0.29, 0.717) is 19.0 Å². The summed E-state index contributed by atoms with van der Waals surface area (Å²) in [5.41, 5.74) is 0.856. The largest absolute Gasteiger partial charge is 0.471 e. The zero-order valence-corrected chi connectivity index (χ0v) is 12.0. The number of likely N-dealkylation sites (tertiary alicyclic amines) is 1. The SMILES string of the molecule is CCOCC(=O)N1CCC[C@@H](Oc2ccc(C)nn2)C1. The molecular formula is C14H21N3O3. The van der Waals surface area contributed by atoms with Crippen LogP contribution in [-0.2, 0) is 9.53 Å². The lowest BCUT2D eigenvalue weighted by Crippen LogP contribution is -2.45. The van der Waals surface area contributed by atoms with Gasteiger partial charge >= 0.3 is 0 Å². The Hall–Kier alpha value is -1.69. The van der Waals surface area contributed by atoms with E-state index in [1.54, 1.807) is 4.90 Å². The second kappa shape index (κ2) is 7.19. The highest BCUT2D eigenvalue weighted by molar-refractivity contribution is 5.77. The molecule has 1 atom stereocenters. The molecule has 1 amide bonds. The van der Waals surface area contributed by atoms with Crippen LogP contribution in [0.4, 0.5) is 0 Å². The van der Waals surface area contributed by atoms with E-state index >= 15 is 0 Å². The average Bonchev–Trinajstić information content (AvgIpc) is 2.47. The first kappa shape index (κ1) is 14.7. The molecule has 2 rings (SSSR count). The summed E-state index contributed by atoms with van der Waals surface area (Å²) in [6, 6.07) is 3.67. The minimum absolute atomic E-state index is 0.0219. The Morgan fingerprint density at radius 2 is 2.30 bits per heavy atom. The van der Waals surface area contributed by atoms with Crippen LogP contribution in [0.3, 0.4) is 0 Å². The molecule has 6 heteroatoms. The van der Waals surface area contributed by atoms with Gasteiger partial charge in [-0.05, 0) is 32.8 Å². The van der Waals surface area contributed by atoms with E-state index < -0.39 is 0 Å². The topological polar surface area (TPSA) is 64.5 Å². The Kier molecular flexibility index (Phi) is 5.29. The number of rotatable bonds is 5. The highest BCUT2D eigenvalue weighted by atomic mass is 16.5. The summed E-state index contributed by atoms with van der Waals surface area (Å²) in [6.07, 6.45) is 1.84. The van der Waals surface area contributed by atoms with Crippen molar-refractivity contribution in [2.24, 2.45) is 0 Å². The number of hydrogen-bond donors (Lipinski definition) is 0. The number of aryl methyl sites for hydroxylation is 1. The first-order chi connectivity index (χ1) is 9.69. The van der Waals surface area contributed by atoms with Crippen LogP contribution in [0.5, 0.6) is 5.88 Å².